The highest BCUT2D eigenvalue weighted by atomic mass is 32.2. The fraction of sp³-hybridized carbons (Fsp3) is 0.353. The molecule has 0 radical (unpaired) electrons. The van der Waals surface area contributed by atoms with Gasteiger partial charge in [0.2, 0.25) is 15.2 Å². The van der Waals surface area contributed by atoms with Crippen LogP contribution in [0.3, 0.4) is 0 Å². The SMILES string of the molecule is C=CCSc1nnc(NC(=O)c2ccc(S(=O)(=O)NC[C@@H]3CCCO3)cc2)s1. The van der Waals surface area contributed by atoms with Gasteiger partial charge in [0.1, 0.15) is 0 Å². The van der Waals surface area contributed by atoms with Gasteiger partial charge in [0, 0.05) is 24.5 Å². The summed E-state index contributed by atoms with van der Waals surface area (Å²) in [6.07, 6.45) is 3.47. The molecule has 1 saturated heterocycles. The van der Waals surface area contributed by atoms with Crippen LogP contribution < -0.4 is 10.0 Å². The van der Waals surface area contributed by atoms with E-state index in [4.69, 9.17) is 4.74 Å². The van der Waals surface area contributed by atoms with Crippen LogP contribution in [-0.2, 0) is 14.8 Å². The van der Waals surface area contributed by atoms with E-state index >= 15 is 0 Å². The lowest BCUT2D eigenvalue weighted by molar-refractivity contribution is 0.102. The van der Waals surface area contributed by atoms with Gasteiger partial charge < -0.3 is 4.74 Å². The molecule has 1 fully saturated rings. The molecule has 150 valence electrons. The first-order valence-corrected chi connectivity index (χ1v) is 11.9. The molecule has 0 aliphatic carbocycles. The Labute approximate surface area is 171 Å². The molecule has 0 bridgehead atoms. The topological polar surface area (TPSA) is 110 Å². The van der Waals surface area contributed by atoms with Crippen molar-refractivity contribution in [1.29, 1.82) is 0 Å². The molecule has 1 atom stereocenters. The number of hydrogen-bond donors (Lipinski definition) is 2. The first kappa shape index (κ1) is 20.9. The number of carbonyl (C=O) groups excluding carboxylic acids is 1. The number of carbonyl (C=O) groups is 1. The summed E-state index contributed by atoms with van der Waals surface area (Å²) in [5, 5.41) is 10.9. The number of hydrogen-bond acceptors (Lipinski definition) is 8. The molecule has 3 rings (SSSR count). The molecular formula is C17H20N4O4S3. The second-order valence-electron chi connectivity index (χ2n) is 5.94. The van der Waals surface area contributed by atoms with E-state index in [1.165, 1.54) is 47.4 Å². The van der Waals surface area contributed by atoms with Crippen LogP contribution in [0.1, 0.15) is 23.2 Å². The van der Waals surface area contributed by atoms with E-state index in [-0.39, 0.29) is 23.5 Å². The van der Waals surface area contributed by atoms with Crippen molar-refractivity contribution >= 4 is 44.2 Å². The highest BCUT2D eigenvalue weighted by Gasteiger charge is 2.20. The van der Waals surface area contributed by atoms with Crippen molar-refractivity contribution < 1.29 is 17.9 Å². The molecule has 2 N–H and O–H groups in total. The lowest BCUT2D eigenvalue weighted by Gasteiger charge is -2.11. The van der Waals surface area contributed by atoms with Crippen molar-refractivity contribution in [2.24, 2.45) is 0 Å². The minimum atomic E-state index is -3.65. The Kier molecular flexibility index (Phi) is 7.18. The Hall–Kier alpha value is -1.79. The molecule has 1 aromatic carbocycles. The van der Waals surface area contributed by atoms with E-state index < -0.39 is 10.0 Å². The zero-order valence-corrected chi connectivity index (χ0v) is 17.4. The summed E-state index contributed by atoms with van der Waals surface area (Å²) >= 11 is 2.74. The maximum absolute atomic E-state index is 12.4. The minimum absolute atomic E-state index is 0.0822. The maximum Gasteiger partial charge on any atom is 0.257 e. The van der Waals surface area contributed by atoms with Gasteiger partial charge >= 0.3 is 0 Å². The second-order valence-corrected chi connectivity index (χ2v) is 9.95. The summed E-state index contributed by atoms with van der Waals surface area (Å²) in [6.45, 7) is 4.55. The highest BCUT2D eigenvalue weighted by Crippen LogP contribution is 2.25. The molecule has 2 aromatic rings. The van der Waals surface area contributed by atoms with Crippen molar-refractivity contribution in [3.05, 3.63) is 42.5 Å². The number of nitrogens with one attached hydrogen (secondary N) is 2. The third kappa shape index (κ3) is 5.61. The number of nitrogens with zero attached hydrogens (tertiary/aromatic N) is 2. The lowest BCUT2D eigenvalue weighted by Crippen LogP contribution is -2.31. The number of thioether (sulfide) groups is 1. The van der Waals surface area contributed by atoms with Crippen molar-refractivity contribution in [2.45, 2.75) is 28.2 Å². The summed E-state index contributed by atoms with van der Waals surface area (Å²) < 4.78 is 33.4. The molecule has 0 unspecified atom stereocenters. The average molecular weight is 441 g/mol. The van der Waals surface area contributed by atoms with E-state index in [1.54, 1.807) is 6.08 Å². The summed E-state index contributed by atoms with van der Waals surface area (Å²) in [4.78, 5) is 12.4. The van der Waals surface area contributed by atoms with Gasteiger partial charge in [-0.15, -0.1) is 16.8 Å². The van der Waals surface area contributed by atoms with Crippen LogP contribution in [0.2, 0.25) is 0 Å². The molecule has 28 heavy (non-hydrogen) atoms. The van der Waals surface area contributed by atoms with Gasteiger partial charge in [-0.25, -0.2) is 13.1 Å². The second kappa shape index (κ2) is 9.61. The third-order valence-corrected chi connectivity index (χ3v) is 7.31. The van der Waals surface area contributed by atoms with Crippen LogP contribution in [0.25, 0.3) is 0 Å². The van der Waals surface area contributed by atoms with Gasteiger partial charge in [0.05, 0.1) is 11.0 Å². The van der Waals surface area contributed by atoms with E-state index in [1.807, 2.05) is 0 Å². The zero-order valence-electron chi connectivity index (χ0n) is 15.0. The van der Waals surface area contributed by atoms with Gasteiger partial charge in [-0.2, -0.15) is 0 Å². The fourth-order valence-corrected chi connectivity index (χ4v) is 5.07. The van der Waals surface area contributed by atoms with Gasteiger partial charge in [0.25, 0.3) is 5.91 Å². The van der Waals surface area contributed by atoms with Crippen LogP contribution in [-0.4, -0.2) is 49.5 Å². The van der Waals surface area contributed by atoms with E-state index in [0.717, 1.165) is 17.2 Å². The maximum atomic E-state index is 12.4. The summed E-state index contributed by atoms with van der Waals surface area (Å²) in [6, 6.07) is 5.73. The number of aromatic nitrogens is 2. The molecule has 1 aliphatic heterocycles. The van der Waals surface area contributed by atoms with Gasteiger partial charge in [0.15, 0.2) is 4.34 Å². The van der Waals surface area contributed by atoms with Crippen molar-refractivity contribution in [3.63, 3.8) is 0 Å². The Balaban J connectivity index is 1.58. The normalized spacial score (nSPS) is 16.8. The number of benzene rings is 1. The predicted molar refractivity (Wildman–Crippen MR) is 109 cm³/mol. The number of rotatable bonds is 9. The van der Waals surface area contributed by atoms with Crippen LogP contribution in [0.5, 0.6) is 0 Å². The Morgan fingerprint density at radius 3 is 2.82 bits per heavy atom. The summed E-state index contributed by atoms with van der Waals surface area (Å²) in [5.74, 6) is 0.326. The fourth-order valence-electron chi connectivity index (χ4n) is 2.49. The van der Waals surface area contributed by atoms with Crippen molar-refractivity contribution in [1.82, 2.24) is 14.9 Å². The van der Waals surface area contributed by atoms with E-state index in [9.17, 15) is 13.2 Å². The van der Waals surface area contributed by atoms with E-state index in [2.05, 4.69) is 26.8 Å². The first-order valence-electron chi connectivity index (χ1n) is 8.58. The smallest absolute Gasteiger partial charge is 0.257 e. The monoisotopic (exact) mass is 440 g/mol. The third-order valence-electron chi connectivity index (χ3n) is 3.90. The average Bonchev–Trinajstić information content (AvgIpc) is 3.37. The molecule has 0 saturated carbocycles. The Bertz CT molecular complexity index is 922. The summed E-state index contributed by atoms with van der Waals surface area (Å²) in [5.41, 5.74) is 0.327. The largest absolute Gasteiger partial charge is 0.377 e. The standard InChI is InChI=1S/C17H20N4O4S3/c1-2-10-26-17-21-20-16(27-17)19-15(22)12-5-7-14(8-6-12)28(23,24)18-11-13-4-3-9-25-13/h2,5-8,13,18H,1,3-4,9-11H2,(H,19,20,22)/t13-/m0/s1. The Morgan fingerprint density at radius 2 is 2.14 bits per heavy atom. The van der Waals surface area contributed by atoms with Crippen molar-refractivity contribution in [3.8, 4) is 0 Å². The molecule has 0 spiro atoms. The van der Waals surface area contributed by atoms with Crippen LogP contribution in [0.15, 0.2) is 46.2 Å². The molecule has 1 aliphatic rings. The minimum Gasteiger partial charge on any atom is -0.377 e. The molecule has 2 heterocycles. The summed E-state index contributed by atoms with van der Waals surface area (Å²) in [7, 11) is -3.65. The predicted octanol–water partition coefficient (Wildman–Crippen LogP) is 2.53. The number of sulfonamides is 1. The van der Waals surface area contributed by atoms with Gasteiger partial charge in [-0.1, -0.05) is 29.2 Å². The molecule has 11 heteroatoms. The molecular weight excluding hydrogens is 420 g/mol. The van der Waals surface area contributed by atoms with Gasteiger partial charge in [-0.05, 0) is 37.1 Å². The molecule has 1 amide bonds. The molecule has 1 aromatic heterocycles. The van der Waals surface area contributed by atoms with E-state index in [0.29, 0.717) is 23.1 Å². The van der Waals surface area contributed by atoms with Crippen LogP contribution >= 0.6 is 23.1 Å². The number of amides is 1. The highest BCUT2D eigenvalue weighted by molar-refractivity contribution is 8.01. The van der Waals surface area contributed by atoms with Crippen molar-refractivity contribution in [2.75, 3.05) is 24.2 Å². The van der Waals surface area contributed by atoms with Crippen LogP contribution in [0, 0.1) is 0 Å². The van der Waals surface area contributed by atoms with Crippen LogP contribution in [0.4, 0.5) is 5.13 Å². The Morgan fingerprint density at radius 1 is 1.36 bits per heavy atom. The first-order chi connectivity index (χ1) is 13.5. The lowest BCUT2D eigenvalue weighted by atomic mass is 10.2. The molecule has 8 nitrogen and oxygen atoms in total. The quantitative estimate of drug-likeness (QED) is 0.350. The zero-order chi connectivity index (χ0) is 20.0. The number of ether oxygens (including phenoxy) is 1. The van der Waals surface area contributed by atoms with Gasteiger partial charge in [-0.3, -0.25) is 10.1 Å². The number of anilines is 1.